The number of benzene rings is 1. The summed E-state index contributed by atoms with van der Waals surface area (Å²) in [5.74, 6) is 0. The van der Waals surface area contributed by atoms with Crippen LogP contribution >= 0.6 is 22.9 Å². The molecule has 1 aromatic rings. The summed E-state index contributed by atoms with van der Waals surface area (Å²) >= 11 is 2.09. The van der Waals surface area contributed by atoms with Gasteiger partial charge in [-0.25, -0.2) is 0 Å². The van der Waals surface area contributed by atoms with E-state index in [0.29, 0.717) is 0 Å². The van der Waals surface area contributed by atoms with Crippen molar-refractivity contribution in [2.24, 2.45) is 0 Å². The lowest BCUT2D eigenvalue weighted by Gasteiger charge is -2.35. The number of anilines is 1. The average molecular weight is 304 g/mol. The van der Waals surface area contributed by atoms with Gasteiger partial charge in [-0.1, -0.05) is 12.1 Å². The predicted octanol–water partition coefficient (Wildman–Crippen LogP) is 2.15. The van der Waals surface area contributed by atoms with Crippen molar-refractivity contribution in [3.8, 4) is 0 Å². The predicted molar refractivity (Wildman–Crippen MR) is 65.2 cm³/mol. The fourth-order valence-electron chi connectivity index (χ4n) is 1.55. The molecule has 1 aromatic carbocycles. The van der Waals surface area contributed by atoms with Gasteiger partial charge < -0.3 is 8.64 Å². The van der Waals surface area contributed by atoms with E-state index in [1.807, 2.05) is 24.3 Å². The molecule has 0 radical (unpaired) electrons. The molecule has 4 heteroatoms. The second-order valence-electron chi connectivity index (χ2n) is 3.48. The number of aliphatic hydroxyl groups is 1. The summed E-state index contributed by atoms with van der Waals surface area (Å²) in [6.45, 7) is 2.01. The number of hydrogen-bond donors (Lipinski definition) is 2. The van der Waals surface area contributed by atoms with Gasteiger partial charge in [-0.05, 0) is 24.1 Å². The Kier molecular flexibility index (Phi) is 3.25. The molecule has 14 heavy (non-hydrogen) atoms. The van der Waals surface area contributed by atoms with Gasteiger partial charge in [0.05, 0.1) is 22.9 Å². The summed E-state index contributed by atoms with van der Waals surface area (Å²) in [6, 6.07) is 7.88. The second kappa shape index (κ2) is 4.46. The third-order valence-corrected chi connectivity index (χ3v) is 3.15. The van der Waals surface area contributed by atoms with Crippen LogP contribution in [0.3, 0.4) is 0 Å². The maximum absolute atomic E-state index is 9.96. The van der Waals surface area contributed by atoms with E-state index < -0.39 is 6.23 Å². The fourth-order valence-corrected chi connectivity index (χ4v) is 1.89. The quantitative estimate of drug-likeness (QED) is 0.663. The molecule has 1 aliphatic heterocycles. The first-order valence-electron chi connectivity index (χ1n) is 4.70. The maximum atomic E-state index is 9.96. The van der Waals surface area contributed by atoms with Gasteiger partial charge in [-0.15, -0.1) is 0 Å². The van der Waals surface area contributed by atoms with E-state index in [2.05, 4.69) is 31.3 Å². The zero-order chi connectivity index (χ0) is 9.97. The molecule has 0 spiro atoms. The third kappa shape index (κ3) is 2.02. The lowest BCUT2D eigenvalue weighted by atomic mass is 10.1. The lowest BCUT2D eigenvalue weighted by Crippen LogP contribution is -2.40. The van der Waals surface area contributed by atoms with Gasteiger partial charge in [0, 0.05) is 18.8 Å². The zero-order valence-corrected chi connectivity index (χ0v) is 9.94. The zero-order valence-electron chi connectivity index (χ0n) is 7.78. The number of likely N-dealkylation sites (tertiary alicyclic amines) is 1. The van der Waals surface area contributed by atoms with Gasteiger partial charge in [-0.2, -0.15) is 0 Å². The van der Waals surface area contributed by atoms with Crippen LogP contribution in [0.5, 0.6) is 0 Å². The molecule has 1 heterocycles. The molecule has 0 bridgehead atoms. The molecule has 1 aliphatic rings. The van der Waals surface area contributed by atoms with Crippen molar-refractivity contribution in [3.63, 3.8) is 0 Å². The number of halogens is 1. The van der Waals surface area contributed by atoms with Crippen molar-refractivity contribution < 1.29 is 5.11 Å². The Morgan fingerprint density at radius 3 is 2.79 bits per heavy atom. The summed E-state index contributed by atoms with van der Waals surface area (Å²) in [7, 11) is 0. The van der Waals surface area contributed by atoms with E-state index in [1.54, 1.807) is 0 Å². The summed E-state index contributed by atoms with van der Waals surface area (Å²) in [5.41, 5.74) is 1.99. The molecule has 3 nitrogen and oxygen atoms in total. The maximum Gasteiger partial charge on any atom is 0.133 e. The summed E-state index contributed by atoms with van der Waals surface area (Å²) in [5, 5.41) is 9.96. The van der Waals surface area contributed by atoms with E-state index in [0.717, 1.165) is 24.3 Å². The highest BCUT2D eigenvalue weighted by atomic mass is 127. The van der Waals surface area contributed by atoms with E-state index in [-0.39, 0.29) is 0 Å². The number of hydrogen-bond acceptors (Lipinski definition) is 3. The number of aliphatic hydroxyl groups excluding tert-OH is 1. The molecular weight excluding hydrogens is 291 g/mol. The molecule has 1 unspecified atom stereocenters. The van der Waals surface area contributed by atoms with E-state index >= 15 is 0 Å². The van der Waals surface area contributed by atoms with Gasteiger partial charge in [-0.3, -0.25) is 4.90 Å². The molecule has 2 N–H and O–H groups in total. The first kappa shape index (κ1) is 10.2. The van der Waals surface area contributed by atoms with Crippen molar-refractivity contribution in [1.29, 1.82) is 0 Å². The molecule has 1 atom stereocenters. The first-order chi connectivity index (χ1) is 6.81. The van der Waals surface area contributed by atoms with Gasteiger partial charge >= 0.3 is 0 Å². The monoisotopic (exact) mass is 304 g/mol. The second-order valence-corrected chi connectivity index (χ2v) is 4.02. The average Bonchev–Trinajstić information content (AvgIpc) is 2.15. The van der Waals surface area contributed by atoms with Crippen molar-refractivity contribution in [2.75, 3.05) is 16.6 Å². The summed E-state index contributed by atoms with van der Waals surface area (Å²) in [4.78, 5) is 2.06. The van der Waals surface area contributed by atoms with E-state index in [4.69, 9.17) is 0 Å². The highest BCUT2D eigenvalue weighted by Gasteiger charge is 2.22. The SMILES string of the molecule is OC(c1cccc(NI)c1)N1CCC1. The van der Waals surface area contributed by atoms with Gasteiger partial charge in [0.25, 0.3) is 0 Å². The Bertz CT molecular complexity index is 315. The Balaban J connectivity index is 2.13. The molecular formula is C10H13IN2O. The smallest absolute Gasteiger partial charge is 0.133 e. The Labute approximate surface area is 97.6 Å². The number of rotatable bonds is 3. The van der Waals surface area contributed by atoms with E-state index in [1.165, 1.54) is 6.42 Å². The Morgan fingerprint density at radius 2 is 2.21 bits per heavy atom. The van der Waals surface area contributed by atoms with Crippen molar-refractivity contribution >= 4 is 28.6 Å². The third-order valence-electron chi connectivity index (χ3n) is 2.53. The Hall–Kier alpha value is -0.330. The van der Waals surface area contributed by atoms with Crippen LogP contribution in [-0.2, 0) is 0 Å². The van der Waals surface area contributed by atoms with Crippen LogP contribution in [0.1, 0.15) is 18.2 Å². The number of nitrogens with zero attached hydrogens (tertiary/aromatic N) is 1. The van der Waals surface area contributed by atoms with Crippen molar-refractivity contribution in [2.45, 2.75) is 12.6 Å². The minimum absolute atomic E-state index is 0.437. The highest BCUT2D eigenvalue weighted by molar-refractivity contribution is 14.1. The van der Waals surface area contributed by atoms with Crippen LogP contribution in [-0.4, -0.2) is 23.1 Å². The molecule has 1 fully saturated rings. The van der Waals surface area contributed by atoms with Gasteiger partial charge in [0.15, 0.2) is 0 Å². The number of nitrogens with one attached hydrogen (secondary N) is 1. The topological polar surface area (TPSA) is 35.5 Å². The van der Waals surface area contributed by atoms with Crippen molar-refractivity contribution in [1.82, 2.24) is 4.90 Å². The summed E-state index contributed by atoms with van der Waals surface area (Å²) < 4.78 is 3.04. The highest BCUT2D eigenvalue weighted by Crippen LogP contribution is 2.25. The van der Waals surface area contributed by atoms with Crippen LogP contribution in [0.15, 0.2) is 24.3 Å². The van der Waals surface area contributed by atoms with Crippen LogP contribution < -0.4 is 3.53 Å². The van der Waals surface area contributed by atoms with Crippen LogP contribution in [0.25, 0.3) is 0 Å². The molecule has 0 amide bonds. The normalized spacial score (nSPS) is 18.7. The minimum atomic E-state index is -0.437. The standard InChI is InChI=1S/C10H13IN2O/c11-12-9-4-1-3-8(7-9)10(14)13-5-2-6-13/h1,3-4,7,10,12,14H,2,5-6H2. The molecule has 76 valence electrons. The Morgan fingerprint density at radius 1 is 1.43 bits per heavy atom. The fraction of sp³-hybridized carbons (Fsp3) is 0.400. The molecule has 0 aliphatic carbocycles. The molecule has 1 saturated heterocycles. The van der Waals surface area contributed by atoms with Gasteiger partial charge in [0.1, 0.15) is 6.23 Å². The van der Waals surface area contributed by atoms with Crippen molar-refractivity contribution in [3.05, 3.63) is 29.8 Å². The largest absolute Gasteiger partial charge is 0.374 e. The molecule has 2 rings (SSSR count). The summed E-state index contributed by atoms with van der Waals surface area (Å²) in [6.07, 6.45) is 0.759. The minimum Gasteiger partial charge on any atom is -0.374 e. The van der Waals surface area contributed by atoms with Crippen LogP contribution in [0, 0.1) is 0 Å². The van der Waals surface area contributed by atoms with Crippen LogP contribution in [0.4, 0.5) is 5.69 Å². The lowest BCUT2D eigenvalue weighted by molar-refractivity contribution is -0.0364. The molecule has 0 aromatic heterocycles. The molecule has 0 saturated carbocycles. The van der Waals surface area contributed by atoms with Crippen LogP contribution in [0.2, 0.25) is 0 Å². The first-order valence-corrected chi connectivity index (χ1v) is 5.78. The van der Waals surface area contributed by atoms with E-state index in [9.17, 15) is 5.11 Å². The van der Waals surface area contributed by atoms with Gasteiger partial charge in [0.2, 0.25) is 0 Å².